The average molecular weight is 563 g/mol. The number of rotatable bonds is 13. The highest BCUT2D eigenvalue weighted by molar-refractivity contribution is 5.97. The lowest BCUT2D eigenvalue weighted by molar-refractivity contribution is -0.133. The molecule has 224 valence electrons. The van der Waals surface area contributed by atoms with E-state index >= 15 is 0 Å². The predicted octanol–water partition coefficient (Wildman–Crippen LogP) is 1.59. The predicted molar refractivity (Wildman–Crippen MR) is 153 cm³/mol. The second kappa shape index (κ2) is 15.8. The Morgan fingerprint density at radius 2 is 1.38 bits per heavy atom. The van der Waals surface area contributed by atoms with E-state index in [0.717, 1.165) is 0 Å². The highest BCUT2D eigenvalue weighted by atomic mass is 16.6. The van der Waals surface area contributed by atoms with Gasteiger partial charge in [-0.1, -0.05) is 53.7 Å². The quantitative estimate of drug-likeness (QED) is 0.243. The van der Waals surface area contributed by atoms with Gasteiger partial charge in [0.1, 0.15) is 24.7 Å². The fourth-order valence-electron chi connectivity index (χ4n) is 3.83. The normalized spacial score (nSPS) is 14.1. The number of carbonyl (C=O) groups excluding carboxylic acids is 5. The van der Waals surface area contributed by atoms with E-state index < -0.39 is 48.0 Å². The molecule has 1 rings (SSSR count). The van der Waals surface area contributed by atoms with Crippen LogP contribution in [0.4, 0.5) is 10.5 Å². The number of likely N-dealkylation sites (N-methyl/N-ethyl adjacent to an activating group) is 2. The molecule has 0 saturated carbocycles. The molecule has 5 amide bonds. The second-order valence-corrected chi connectivity index (χ2v) is 10.9. The molecule has 0 heterocycles. The largest absolute Gasteiger partial charge is 0.445 e. The molecule has 0 bridgehead atoms. The Kier molecular flexibility index (Phi) is 13.6. The fraction of sp³-hybridized carbons (Fsp3) is 0.607. The number of carbonyl (C=O) groups is 5. The van der Waals surface area contributed by atoms with Gasteiger partial charge in [-0.25, -0.2) is 4.79 Å². The summed E-state index contributed by atoms with van der Waals surface area (Å²) in [6, 6.07) is 3.58. The maximum absolute atomic E-state index is 13.0. The van der Waals surface area contributed by atoms with Crippen molar-refractivity contribution in [2.45, 2.75) is 79.2 Å². The number of nitrogens with one attached hydrogen (secondary N) is 4. The van der Waals surface area contributed by atoms with Gasteiger partial charge in [0.2, 0.25) is 23.6 Å². The Bertz CT molecular complexity index is 1030. The van der Waals surface area contributed by atoms with E-state index in [-0.39, 0.29) is 30.3 Å². The highest BCUT2D eigenvalue weighted by Crippen LogP contribution is 2.15. The maximum atomic E-state index is 13.0. The van der Waals surface area contributed by atoms with Crippen molar-refractivity contribution in [3.8, 4) is 0 Å². The van der Waals surface area contributed by atoms with Crippen molar-refractivity contribution >= 4 is 35.4 Å². The Balaban J connectivity index is 2.74. The number of ether oxygens (including phenoxy) is 1. The van der Waals surface area contributed by atoms with Crippen LogP contribution in [0.2, 0.25) is 0 Å². The number of anilines is 1. The molecule has 6 N–H and O–H groups in total. The summed E-state index contributed by atoms with van der Waals surface area (Å²) in [6.45, 7) is 12.4. The first-order chi connectivity index (χ1) is 18.6. The third-order valence-electron chi connectivity index (χ3n) is 6.46. The van der Waals surface area contributed by atoms with E-state index in [2.05, 4.69) is 21.3 Å². The number of hydrogen-bond donors (Lipinski definition) is 5. The molecule has 0 spiro atoms. The van der Waals surface area contributed by atoms with Gasteiger partial charge in [-0.3, -0.25) is 24.1 Å². The zero-order chi connectivity index (χ0) is 30.7. The Labute approximate surface area is 237 Å². The summed E-state index contributed by atoms with van der Waals surface area (Å²) in [6.07, 6.45) is -0.698. The molecule has 0 unspecified atom stereocenters. The first-order valence-electron chi connectivity index (χ1n) is 13.5. The summed E-state index contributed by atoms with van der Waals surface area (Å²) in [5.74, 6) is -2.02. The molecule has 0 aliphatic heterocycles. The van der Waals surface area contributed by atoms with Crippen LogP contribution in [0.5, 0.6) is 0 Å². The summed E-state index contributed by atoms with van der Waals surface area (Å²) >= 11 is 0. The minimum absolute atomic E-state index is 0.0589. The molecule has 40 heavy (non-hydrogen) atoms. The minimum Gasteiger partial charge on any atom is -0.445 e. The first kappa shape index (κ1) is 34.4. The molecule has 1 aromatic rings. The number of nitrogens with two attached hydrogens (primary N) is 1. The average Bonchev–Trinajstić information content (AvgIpc) is 2.89. The van der Waals surface area contributed by atoms with Crippen molar-refractivity contribution in [3.05, 3.63) is 29.8 Å². The Morgan fingerprint density at radius 3 is 1.85 bits per heavy atom. The van der Waals surface area contributed by atoms with E-state index in [0.29, 0.717) is 11.3 Å². The second-order valence-electron chi connectivity index (χ2n) is 10.9. The molecule has 0 saturated heterocycles. The van der Waals surface area contributed by atoms with Crippen molar-refractivity contribution < 1.29 is 28.7 Å². The molecule has 0 aromatic heterocycles. The Hall–Kier alpha value is -3.67. The van der Waals surface area contributed by atoms with Crippen molar-refractivity contribution in [1.29, 1.82) is 0 Å². The van der Waals surface area contributed by atoms with E-state index in [1.165, 1.54) is 19.0 Å². The number of benzene rings is 1. The summed E-state index contributed by atoms with van der Waals surface area (Å²) < 4.78 is 5.42. The van der Waals surface area contributed by atoms with Crippen LogP contribution in [0.25, 0.3) is 0 Å². The number of nitrogens with zero attached hydrogens (tertiary/aromatic N) is 1. The molecule has 1 aromatic carbocycles. The van der Waals surface area contributed by atoms with Gasteiger partial charge < -0.3 is 31.7 Å². The van der Waals surface area contributed by atoms with Gasteiger partial charge in [-0.15, -0.1) is 0 Å². The molecule has 12 nitrogen and oxygen atoms in total. The first-order valence-corrected chi connectivity index (χ1v) is 13.5. The van der Waals surface area contributed by atoms with Gasteiger partial charge >= 0.3 is 6.09 Å². The smallest absolute Gasteiger partial charge is 0.410 e. The third-order valence-corrected chi connectivity index (χ3v) is 6.46. The monoisotopic (exact) mass is 562 g/mol. The van der Waals surface area contributed by atoms with Crippen LogP contribution in [-0.2, 0) is 30.5 Å². The van der Waals surface area contributed by atoms with Crippen LogP contribution in [0.15, 0.2) is 24.3 Å². The van der Waals surface area contributed by atoms with Gasteiger partial charge in [0.15, 0.2) is 0 Å². The van der Waals surface area contributed by atoms with Crippen molar-refractivity contribution in [2.75, 3.05) is 19.4 Å². The van der Waals surface area contributed by atoms with E-state index in [1.807, 2.05) is 27.7 Å². The van der Waals surface area contributed by atoms with E-state index in [1.54, 1.807) is 45.0 Å². The molecule has 0 radical (unpaired) electrons. The van der Waals surface area contributed by atoms with Gasteiger partial charge in [-0.2, -0.15) is 0 Å². The van der Waals surface area contributed by atoms with E-state index in [9.17, 15) is 24.0 Å². The molecule has 0 fully saturated rings. The summed E-state index contributed by atoms with van der Waals surface area (Å²) in [4.78, 5) is 63.8. The van der Waals surface area contributed by atoms with Gasteiger partial charge in [-0.05, 0) is 42.4 Å². The zero-order valence-electron chi connectivity index (χ0n) is 25.0. The lowest BCUT2D eigenvalue weighted by Gasteiger charge is -2.31. The van der Waals surface area contributed by atoms with Crippen LogP contribution in [0.3, 0.4) is 0 Å². The van der Waals surface area contributed by atoms with E-state index in [4.69, 9.17) is 10.5 Å². The van der Waals surface area contributed by atoms with Crippen molar-refractivity contribution in [1.82, 2.24) is 20.9 Å². The standard InChI is InChI=1S/C28H46N6O6/c1-15(2)21(29)25(36)31-18(7)24(35)32-20-12-10-19(11-13-20)14-40-28(39)34(9)23(17(5)6)27(38)33-22(16(3)4)26(37)30-8/h10-13,15-18,21-23H,14,29H2,1-9H3,(H,30,37)(H,31,36)(H,32,35)(H,33,38)/t18-,21-,22-,23-/m0/s1. The molecular formula is C28H46N6O6. The Morgan fingerprint density at radius 1 is 0.800 bits per heavy atom. The molecular weight excluding hydrogens is 516 g/mol. The van der Waals surface area contributed by atoms with Gasteiger partial charge in [0.05, 0.1) is 6.04 Å². The molecule has 0 aliphatic carbocycles. The van der Waals surface area contributed by atoms with Crippen LogP contribution >= 0.6 is 0 Å². The maximum Gasteiger partial charge on any atom is 0.410 e. The van der Waals surface area contributed by atoms with Crippen LogP contribution in [-0.4, -0.2) is 72.9 Å². The minimum atomic E-state index is -0.853. The summed E-state index contributed by atoms with van der Waals surface area (Å²) in [5, 5.41) is 10.6. The molecule has 4 atom stereocenters. The van der Waals surface area contributed by atoms with Gasteiger partial charge in [0, 0.05) is 19.8 Å². The SMILES string of the molecule is CNC(=O)[C@@H](NC(=O)[C@H](C(C)C)N(C)C(=O)OCc1ccc(NC(=O)[C@H](C)NC(=O)[C@@H](N)C(C)C)cc1)C(C)C. The third kappa shape index (κ3) is 10.1. The molecule has 12 heteroatoms. The van der Waals surface area contributed by atoms with Gasteiger partial charge in [0.25, 0.3) is 0 Å². The van der Waals surface area contributed by atoms with Crippen molar-refractivity contribution in [3.63, 3.8) is 0 Å². The molecule has 0 aliphatic rings. The topological polar surface area (TPSA) is 172 Å². The summed E-state index contributed by atoms with van der Waals surface area (Å²) in [7, 11) is 2.97. The lowest BCUT2D eigenvalue weighted by atomic mass is 9.99. The number of hydrogen-bond acceptors (Lipinski definition) is 7. The van der Waals surface area contributed by atoms with Crippen LogP contribution < -0.4 is 27.0 Å². The van der Waals surface area contributed by atoms with Crippen molar-refractivity contribution in [2.24, 2.45) is 23.5 Å². The lowest BCUT2D eigenvalue weighted by Crippen LogP contribution is -2.56. The van der Waals surface area contributed by atoms with Crippen LogP contribution in [0.1, 0.15) is 54.0 Å². The number of amides is 5. The highest BCUT2D eigenvalue weighted by Gasteiger charge is 2.34. The fourth-order valence-corrected chi connectivity index (χ4v) is 3.83. The zero-order valence-corrected chi connectivity index (χ0v) is 25.0. The summed E-state index contributed by atoms with van der Waals surface area (Å²) in [5.41, 5.74) is 6.98. The van der Waals surface area contributed by atoms with Crippen LogP contribution in [0, 0.1) is 17.8 Å².